The number of alkyl halides is 3. The summed E-state index contributed by atoms with van der Waals surface area (Å²) in [5.74, 6) is 0.359. The van der Waals surface area contributed by atoms with Crippen LogP contribution in [-0.2, 0) is 5.41 Å². The van der Waals surface area contributed by atoms with E-state index in [1.165, 1.54) is 0 Å². The Hall–Kier alpha value is -3.01. The van der Waals surface area contributed by atoms with Crippen LogP contribution in [0.5, 0.6) is 0 Å². The summed E-state index contributed by atoms with van der Waals surface area (Å²) in [6, 6.07) is 5.18. The van der Waals surface area contributed by atoms with Crippen molar-refractivity contribution in [1.82, 2.24) is 24.5 Å². The van der Waals surface area contributed by atoms with E-state index in [0.717, 1.165) is 17.6 Å². The van der Waals surface area contributed by atoms with Crippen LogP contribution in [0.25, 0.3) is 16.8 Å². The highest BCUT2D eigenvalue weighted by Gasteiger charge is 2.41. The molecule has 10 heteroatoms. The summed E-state index contributed by atoms with van der Waals surface area (Å²) in [5, 5.41) is 7.60. The van der Waals surface area contributed by atoms with Gasteiger partial charge in [0, 0.05) is 37.0 Å². The van der Waals surface area contributed by atoms with Gasteiger partial charge in [0.1, 0.15) is 6.17 Å². The summed E-state index contributed by atoms with van der Waals surface area (Å²) >= 11 is 0. The van der Waals surface area contributed by atoms with Crippen molar-refractivity contribution in [1.29, 1.82) is 0 Å². The molecule has 174 valence electrons. The Bertz CT molecular complexity index is 1220. The maximum absolute atomic E-state index is 14.4. The predicted octanol–water partition coefficient (Wildman–Crippen LogP) is 4.26. The molecular weight excluding hydrogens is 431 g/mol. The molecule has 5 heterocycles. The highest BCUT2D eigenvalue weighted by atomic mass is 19.3. The molecule has 0 aliphatic carbocycles. The minimum Gasteiger partial charge on any atom is -0.347 e. The molecule has 3 atom stereocenters. The number of aliphatic imine (C=N–C) groups is 1. The van der Waals surface area contributed by atoms with E-state index in [-0.39, 0.29) is 12.5 Å². The first-order valence-electron chi connectivity index (χ1n) is 11.0. The third kappa shape index (κ3) is 3.86. The largest absolute Gasteiger partial charge is 0.347 e. The fourth-order valence-corrected chi connectivity index (χ4v) is 4.69. The van der Waals surface area contributed by atoms with E-state index in [4.69, 9.17) is 4.98 Å². The molecule has 1 unspecified atom stereocenters. The van der Waals surface area contributed by atoms with Gasteiger partial charge in [0.05, 0.1) is 40.2 Å². The Morgan fingerprint density at radius 3 is 2.85 bits per heavy atom. The lowest BCUT2D eigenvalue weighted by Crippen LogP contribution is -2.46. The Labute approximate surface area is 189 Å². The number of likely N-dealkylation sites (tertiary alicyclic amines) is 1. The number of rotatable bonds is 5. The van der Waals surface area contributed by atoms with E-state index in [0.29, 0.717) is 41.7 Å². The van der Waals surface area contributed by atoms with Gasteiger partial charge < -0.3 is 10.2 Å². The lowest BCUT2D eigenvalue weighted by molar-refractivity contribution is 0.121. The molecule has 3 aromatic rings. The molecule has 1 fully saturated rings. The Morgan fingerprint density at radius 2 is 2.09 bits per heavy atom. The number of hydrogen-bond donors (Lipinski definition) is 1. The Balaban J connectivity index is 1.44. The third-order valence-electron chi connectivity index (χ3n) is 6.80. The van der Waals surface area contributed by atoms with Gasteiger partial charge in [-0.15, -0.1) is 5.10 Å². The molecule has 5 rings (SSSR count). The second kappa shape index (κ2) is 8.09. The molecule has 1 saturated heterocycles. The number of anilines is 1. The van der Waals surface area contributed by atoms with Crippen LogP contribution in [0.4, 0.5) is 24.8 Å². The van der Waals surface area contributed by atoms with Gasteiger partial charge in [0.25, 0.3) is 0 Å². The first-order chi connectivity index (χ1) is 15.7. The normalized spacial score (nSPS) is 25.5. The predicted molar refractivity (Wildman–Crippen MR) is 121 cm³/mol. The van der Waals surface area contributed by atoms with Crippen molar-refractivity contribution in [3.05, 3.63) is 36.3 Å². The summed E-state index contributed by atoms with van der Waals surface area (Å²) in [7, 11) is 1.91. The number of halogens is 3. The average Bonchev–Trinajstić information content (AvgIpc) is 3.28. The van der Waals surface area contributed by atoms with Crippen molar-refractivity contribution in [3.8, 4) is 11.3 Å². The standard InChI is InChI=1S/C23H26F3N7/c1-13-23(2,10-20(25)26)21-18(28-13)5-4-16(29-21)14-6-9-33-19(14)11-27-22(31-33)30-17-7-8-32(3)12-15(17)24/h4-6,9,11,15,17,20H,7-8,10,12H2,1-3H3,(H,30,31)/t15-,17+,23?/m1/s1. The molecule has 0 amide bonds. The number of piperidine rings is 1. The molecule has 0 aromatic carbocycles. The molecule has 0 saturated carbocycles. The van der Waals surface area contributed by atoms with Crippen LogP contribution in [0.3, 0.4) is 0 Å². The van der Waals surface area contributed by atoms with Gasteiger partial charge in [0.15, 0.2) is 0 Å². The fraction of sp³-hybridized carbons (Fsp3) is 0.478. The topological polar surface area (TPSA) is 70.7 Å². The maximum Gasteiger partial charge on any atom is 0.241 e. The summed E-state index contributed by atoms with van der Waals surface area (Å²) in [6.45, 7) is 4.73. The minimum atomic E-state index is -2.46. The van der Waals surface area contributed by atoms with Gasteiger partial charge >= 0.3 is 0 Å². The zero-order valence-corrected chi connectivity index (χ0v) is 18.8. The number of nitrogens with one attached hydrogen (secondary N) is 1. The molecule has 0 spiro atoms. The summed E-state index contributed by atoms with van der Waals surface area (Å²) < 4.78 is 42.6. The molecule has 3 aromatic heterocycles. The zero-order valence-electron chi connectivity index (χ0n) is 18.8. The highest BCUT2D eigenvalue weighted by molar-refractivity contribution is 5.99. The van der Waals surface area contributed by atoms with E-state index < -0.39 is 18.0 Å². The van der Waals surface area contributed by atoms with Crippen LogP contribution in [-0.4, -0.2) is 69.0 Å². The van der Waals surface area contributed by atoms with Gasteiger partial charge in [-0.05, 0) is 45.5 Å². The molecular formula is C23H26F3N7. The van der Waals surface area contributed by atoms with Crippen molar-refractivity contribution >= 4 is 22.9 Å². The van der Waals surface area contributed by atoms with E-state index in [9.17, 15) is 13.2 Å². The van der Waals surface area contributed by atoms with Gasteiger partial charge in [-0.1, -0.05) is 0 Å². The maximum atomic E-state index is 14.4. The van der Waals surface area contributed by atoms with Crippen molar-refractivity contribution in [2.24, 2.45) is 4.99 Å². The molecule has 33 heavy (non-hydrogen) atoms. The van der Waals surface area contributed by atoms with Crippen molar-refractivity contribution < 1.29 is 13.2 Å². The van der Waals surface area contributed by atoms with E-state index in [1.54, 1.807) is 30.8 Å². The molecule has 0 bridgehead atoms. The van der Waals surface area contributed by atoms with E-state index >= 15 is 0 Å². The summed E-state index contributed by atoms with van der Waals surface area (Å²) in [5.41, 5.74) is 3.08. The summed E-state index contributed by atoms with van der Waals surface area (Å²) in [6.07, 6.45) is 0.350. The van der Waals surface area contributed by atoms with Crippen LogP contribution in [0.2, 0.25) is 0 Å². The van der Waals surface area contributed by atoms with Gasteiger partial charge in [-0.25, -0.2) is 27.7 Å². The van der Waals surface area contributed by atoms with Crippen molar-refractivity contribution in [2.75, 3.05) is 25.5 Å². The number of fused-ring (bicyclic) bond motifs is 2. The van der Waals surface area contributed by atoms with Crippen molar-refractivity contribution in [2.45, 2.75) is 50.7 Å². The van der Waals surface area contributed by atoms with Gasteiger partial charge in [-0.2, -0.15) is 0 Å². The molecule has 2 aliphatic heterocycles. The Morgan fingerprint density at radius 1 is 1.27 bits per heavy atom. The molecule has 7 nitrogen and oxygen atoms in total. The van der Waals surface area contributed by atoms with Gasteiger partial charge in [0.2, 0.25) is 12.4 Å². The first kappa shape index (κ1) is 21.8. The fourth-order valence-electron chi connectivity index (χ4n) is 4.69. The quantitative estimate of drug-likeness (QED) is 0.620. The highest BCUT2D eigenvalue weighted by Crippen LogP contribution is 2.43. The molecule has 0 radical (unpaired) electrons. The van der Waals surface area contributed by atoms with Gasteiger partial charge in [-0.3, -0.25) is 4.99 Å². The van der Waals surface area contributed by atoms with Crippen LogP contribution >= 0.6 is 0 Å². The monoisotopic (exact) mass is 457 g/mol. The van der Waals surface area contributed by atoms with Crippen LogP contribution in [0.15, 0.2) is 35.6 Å². The minimum absolute atomic E-state index is 0.326. The molecule has 2 aliphatic rings. The SMILES string of the molecule is CC1=Nc2ccc(-c3ccn4nc(N[C@H]5CCN(C)C[C@H]5F)ncc34)nc2C1(C)CC(F)F. The van der Waals surface area contributed by atoms with E-state index in [1.807, 2.05) is 30.1 Å². The Kier molecular flexibility index (Phi) is 5.35. The summed E-state index contributed by atoms with van der Waals surface area (Å²) in [4.78, 5) is 15.6. The van der Waals surface area contributed by atoms with Crippen LogP contribution in [0.1, 0.15) is 32.4 Å². The lowest BCUT2D eigenvalue weighted by Gasteiger charge is -2.32. The van der Waals surface area contributed by atoms with Crippen molar-refractivity contribution in [3.63, 3.8) is 0 Å². The van der Waals surface area contributed by atoms with Crippen LogP contribution in [0, 0.1) is 0 Å². The number of nitrogens with zero attached hydrogens (tertiary/aromatic N) is 6. The smallest absolute Gasteiger partial charge is 0.241 e. The second-order valence-corrected chi connectivity index (χ2v) is 9.15. The van der Waals surface area contributed by atoms with E-state index in [2.05, 4.69) is 20.4 Å². The first-order valence-corrected chi connectivity index (χ1v) is 11.0. The number of hydrogen-bond acceptors (Lipinski definition) is 6. The van der Waals surface area contributed by atoms with Crippen LogP contribution < -0.4 is 5.32 Å². The second-order valence-electron chi connectivity index (χ2n) is 9.15. The number of pyridine rings is 1. The third-order valence-corrected chi connectivity index (χ3v) is 6.80. The molecule has 1 N–H and O–H groups in total. The zero-order chi connectivity index (χ0) is 23.3. The lowest BCUT2D eigenvalue weighted by atomic mass is 9.80. The average molecular weight is 458 g/mol. The number of aromatic nitrogens is 4.